The lowest BCUT2D eigenvalue weighted by atomic mass is 10.2. The second-order valence-corrected chi connectivity index (χ2v) is 2.70. The normalized spacial score (nSPS) is 10.9. The maximum Gasteiger partial charge on any atom is 0.384 e. The van der Waals surface area contributed by atoms with Crippen molar-refractivity contribution in [2.24, 2.45) is 0 Å². The number of hydrogen-bond donors (Lipinski definition) is 0. The zero-order chi connectivity index (χ0) is 10.4. The molecule has 0 aromatic carbocycles. The number of carbonyl (C=O) groups excluding carboxylic acids is 2. The zero-order valence-corrected chi connectivity index (χ0v) is 7.97. The van der Waals surface area contributed by atoms with Crippen molar-refractivity contribution in [3.8, 4) is 0 Å². The fourth-order valence-electron chi connectivity index (χ4n) is 0.610. The van der Waals surface area contributed by atoms with E-state index >= 15 is 0 Å². The van der Waals surface area contributed by atoms with E-state index in [0.717, 1.165) is 6.20 Å². The van der Waals surface area contributed by atoms with Gasteiger partial charge in [-0.1, -0.05) is 0 Å². The minimum atomic E-state index is -1.33. The molecule has 0 unspecified atom stereocenters. The molecule has 4 nitrogen and oxygen atoms in total. The van der Waals surface area contributed by atoms with Crippen LogP contribution in [0.15, 0.2) is 11.8 Å². The number of hydrogen-bond acceptors (Lipinski definition) is 4. The summed E-state index contributed by atoms with van der Waals surface area (Å²) in [6.45, 7) is 0. The number of alkyl halides is 1. The summed E-state index contributed by atoms with van der Waals surface area (Å²) in [6.07, 6.45) is 1.15. The Labute approximate surface area is 79.8 Å². The smallest absolute Gasteiger partial charge is 0.383 e. The summed E-state index contributed by atoms with van der Waals surface area (Å²) in [7, 11) is 3.15. The van der Waals surface area contributed by atoms with Gasteiger partial charge < -0.3 is 4.90 Å². The fraction of sp³-hybridized carbons (Fsp3) is 0.429. The van der Waals surface area contributed by atoms with Crippen LogP contribution in [-0.4, -0.2) is 36.6 Å². The molecule has 0 aromatic heterocycles. The van der Waals surface area contributed by atoms with Crippen LogP contribution in [0.4, 0.5) is 4.53 Å². The van der Waals surface area contributed by atoms with Gasteiger partial charge in [0.15, 0.2) is 5.78 Å². The molecule has 6 heteroatoms. The predicted octanol–water partition coefficient (Wildman–Crippen LogP) is 0.667. The first kappa shape index (κ1) is 11.9. The molecule has 0 rings (SSSR count). The Kier molecular flexibility index (Phi) is 5.06. The van der Waals surface area contributed by atoms with E-state index in [0.29, 0.717) is 0 Å². The molecule has 0 heterocycles. The first-order valence-electron chi connectivity index (χ1n) is 3.33. The highest BCUT2D eigenvalue weighted by molar-refractivity contribution is 6.34. The monoisotopic (exact) mass is 209 g/mol. The predicted molar refractivity (Wildman–Crippen MR) is 44.7 cm³/mol. The van der Waals surface area contributed by atoms with Crippen LogP contribution >= 0.6 is 11.6 Å². The van der Waals surface area contributed by atoms with Crippen LogP contribution in [0.3, 0.4) is 0 Å². The third-order valence-electron chi connectivity index (χ3n) is 1.10. The van der Waals surface area contributed by atoms with Crippen LogP contribution in [0.25, 0.3) is 0 Å². The zero-order valence-electron chi connectivity index (χ0n) is 7.21. The maximum atomic E-state index is 11.5. The summed E-state index contributed by atoms with van der Waals surface area (Å²) in [4.78, 5) is 26.0. The van der Waals surface area contributed by atoms with Crippen molar-refractivity contribution in [1.82, 2.24) is 4.90 Å². The molecule has 0 saturated carbocycles. The highest BCUT2D eigenvalue weighted by Gasteiger charge is 2.19. The summed E-state index contributed by atoms with van der Waals surface area (Å²) >= 11 is 5.19. The number of Topliss-reactive ketones (excluding diaryl/α,β-unsaturated/α-hetero) is 1. The molecule has 0 N–H and O–H groups in total. The molecule has 0 saturated heterocycles. The summed E-state index contributed by atoms with van der Waals surface area (Å²) in [5.41, 5.74) is -0.414. The van der Waals surface area contributed by atoms with Crippen molar-refractivity contribution in [2.45, 2.75) is 0 Å². The first-order chi connectivity index (χ1) is 6.02. The SMILES string of the molecule is CN(C)/C=C(/C(=O)CCl)C(=O)OF. The summed E-state index contributed by atoms with van der Waals surface area (Å²) in [5, 5.41) is 0. The second kappa shape index (κ2) is 5.53. The first-order valence-corrected chi connectivity index (χ1v) is 3.86. The van der Waals surface area contributed by atoms with Gasteiger partial charge in [0.05, 0.1) is 5.88 Å². The van der Waals surface area contributed by atoms with Crippen LogP contribution < -0.4 is 0 Å². The average Bonchev–Trinajstić information content (AvgIpc) is 2.11. The van der Waals surface area contributed by atoms with E-state index in [1.165, 1.54) is 4.90 Å². The third kappa shape index (κ3) is 3.89. The summed E-state index contributed by atoms with van der Waals surface area (Å²) in [5.74, 6) is -2.41. The largest absolute Gasteiger partial charge is 0.384 e. The molecule has 0 bridgehead atoms. The lowest BCUT2D eigenvalue weighted by Crippen LogP contribution is -2.18. The molecule has 13 heavy (non-hydrogen) atoms. The van der Waals surface area contributed by atoms with Gasteiger partial charge in [-0.2, -0.15) is 0 Å². The van der Waals surface area contributed by atoms with Gasteiger partial charge in [0.1, 0.15) is 5.57 Å². The molecule has 0 aliphatic heterocycles. The van der Waals surface area contributed by atoms with Crippen molar-refractivity contribution in [2.75, 3.05) is 20.0 Å². The van der Waals surface area contributed by atoms with Crippen molar-refractivity contribution in [3.05, 3.63) is 11.8 Å². The van der Waals surface area contributed by atoms with Crippen LogP contribution in [0.2, 0.25) is 0 Å². The second-order valence-electron chi connectivity index (χ2n) is 2.43. The molecule has 0 aliphatic carbocycles. The molecule has 0 fully saturated rings. The Balaban J connectivity index is 4.75. The lowest BCUT2D eigenvalue weighted by molar-refractivity contribution is -0.178. The molecule has 0 aromatic rings. The molecule has 74 valence electrons. The van der Waals surface area contributed by atoms with Gasteiger partial charge in [-0.15, -0.1) is 11.6 Å². The molecule has 0 radical (unpaired) electrons. The minimum absolute atomic E-state index is 0.394. The van der Waals surface area contributed by atoms with E-state index in [-0.39, 0.29) is 0 Å². The van der Waals surface area contributed by atoms with Gasteiger partial charge in [-0.3, -0.25) is 4.79 Å². The Bertz CT molecular complexity index is 222. The van der Waals surface area contributed by atoms with Crippen LogP contribution in [0, 0.1) is 0 Å². The number of carbonyl (C=O) groups is 2. The molecule has 0 aliphatic rings. The lowest BCUT2D eigenvalue weighted by Gasteiger charge is -2.06. The Hall–Kier alpha value is -1.10. The van der Waals surface area contributed by atoms with E-state index in [2.05, 4.69) is 4.94 Å². The maximum absolute atomic E-state index is 11.5. The quantitative estimate of drug-likeness (QED) is 0.296. The van der Waals surface area contributed by atoms with Gasteiger partial charge in [0, 0.05) is 24.8 Å². The number of nitrogens with zero attached hydrogens (tertiary/aromatic N) is 1. The third-order valence-corrected chi connectivity index (χ3v) is 1.34. The van der Waals surface area contributed by atoms with E-state index in [1.807, 2.05) is 0 Å². The molecule has 0 spiro atoms. The van der Waals surface area contributed by atoms with Gasteiger partial charge >= 0.3 is 5.97 Å². The molecule has 0 atom stereocenters. The highest BCUT2D eigenvalue weighted by atomic mass is 35.5. The van der Waals surface area contributed by atoms with Crippen molar-refractivity contribution in [3.63, 3.8) is 0 Å². The van der Waals surface area contributed by atoms with Gasteiger partial charge in [0.25, 0.3) is 0 Å². The standard InChI is InChI=1S/C7H9ClFNO3/c1-10(2)4-5(6(11)3-8)7(12)13-9/h4H,3H2,1-2H3/b5-4-. The van der Waals surface area contributed by atoms with Crippen LogP contribution in [-0.2, 0) is 14.5 Å². The van der Waals surface area contributed by atoms with Crippen LogP contribution in [0.1, 0.15) is 0 Å². The van der Waals surface area contributed by atoms with E-state index in [9.17, 15) is 14.1 Å². The number of halogens is 2. The van der Waals surface area contributed by atoms with E-state index < -0.39 is 23.2 Å². The Morgan fingerprint density at radius 3 is 2.38 bits per heavy atom. The topological polar surface area (TPSA) is 46.6 Å². The summed E-state index contributed by atoms with van der Waals surface area (Å²) < 4.78 is 11.5. The van der Waals surface area contributed by atoms with Crippen molar-refractivity contribution in [1.29, 1.82) is 0 Å². The fourth-order valence-corrected chi connectivity index (χ4v) is 0.754. The van der Waals surface area contributed by atoms with E-state index in [1.54, 1.807) is 14.1 Å². The van der Waals surface area contributed by atoms with Gasteiger partial charge in [-0.25, -0.2) is 9.74 Å². The molecule has 0 amide bonds. The van der Waals surface area contributed by atoms with Gasteiger partial charge in [-0.05, 0) is 0 Å². The van der Waals surface area contributed by atoms with Crippen LogP contribution in [0.5, 0.6) is 0 Å². The number of rotatable bonds is 4. The summed E-state index contributed by atoms with van der Waals surface area (Å²) in [6, 6.07) is 0. The molecular formula is C7H9ClFNO3. The minimum Gasteiger partial charge on any atom is -0.383 e. The molecular weight excluding hydrogens is 201 g/mol. The Morgan fingerprint density at radius 2 is 2.08 bits per heavy atom. The number of ketones is 1. The van der Waals surface area contributed by atoms with E-state index in [4.69, 9.17) is 11.6 Å². The average molecular weight is 210 g/mol. The van der Waals surface area contributed by atoms with Crippen molar-refractivity contribution >= 4 is 23.4 Å². The van der Waals surface area contributed by atoms with Gasteiger partial charge in [0.2, 0.25) is 0 Å². The highest BCUT2D eigenvalue weighted by Crippen LogP contribution is 2.03. The Morgan fingerprint density at radius 1 is 1.54 bits per heavy atom. The van der Waals surface area contributed by atoms with Crippen molar-refractivity contribution < 1.29 is 19.1 Å².